The van der Waals surface area contributed by atoms with Crippen molar-refractivity contribution in [2.45, 2.75) is 6.54 Å². The Morgan fingerprint density at radius 2 is 2.17 bits per heavy atom. The molecule has 2 aromatic rings. The molecule has 0 bridgehead atoms. The van der Waals surface area contributed by atoms with Gasteiger partial charge in [-0.15, -0.1) is 0 Å². The summed E-state index contributed by atoms with van der Waals surface area (Å²) >= 11 is 5.71. The number of aryl methyl sites for hydroxylation is 1. The Hall–Kier alpha value is -2.02. The predicted molar refractivity (Wildman–Crippen MR) is 68.6 cm³/mol. The fourth-order valence-corrected chi connectivity index (χ4v) is 1.63. The van der Waals surface area contributed by atoms with Gasteiger partial charge in [0.05, 0.1) is 23.6 Å². The molecule has 0 aliphatic heterocycles. The van der Waals surface area contributed by atoms with E-state index in [2.05, 4.69) is 15.4 Å². The molecule has 5 N–H and O–H groups in total. The van der Waals surface area contributed by atoms with Crippen molar-refractivity contribution >= 4 is 28.7 Å². The van der Waals surface area contributed by atoms with Crippen molar-refractivity contribution in [3.8, 4) is 0 Å². The molecule has 0 saturated carbocycles. The molecule has 0 spiro atoms. The molecule has 0 aliphatic carbocycles. The van der Waals surface area contributed by atoms with Crippen molar-refractivity contribution in [2.75, 3.05) is 16.8 Å². The maximum atomic E-state index is 13.8. The van der Waals surface area contributed by atoms with Gasteiger partial charge in [-0.1, -0.05) is 11.6 Å². The highest BCUT2D eigenvalue weighted by Gasteiger charge is 2.14. The van der Waals surface area contributed by atoms with Crippen LogP contribution in [0.3, 0.4) is 0 Å². The summed E-state index contributed by atoms with van der Waals surface area (Å²) in [6.07, 6.45) is 1.55. The van der Waals surface area contributed by atoms with E-state index in [1.807, 2.05) is 0 Å². The molecule has 0 amide bonds. The number of nitrogen functional groups attached to an aromatic ring is 2. The van der Waals surface area contributed by atoms with Crippen molar-refractivity contribution < 1.29 is 4.39 Å². The Morgan fingerprint density at radius 1 is 1.44 bits per heavy atom. The van der Waals surface area contributed by atoms with E-state index < -0.39 is 5.82 Å². The lowest BCUT2D eigenvalue weighted by molar-refractivity contribution is 0.631. The van der Waals surface area contributed by atoms with Crippen LogP contribution in [0, 0.1) is 5.82 Å². The van der Waals surface area contributed by atoms with Gasteiger partial charge in [0.25, 0.3) is 0 Å². The lowest BCUT2D eigenvalue weighted by Gasteiger charge is -2.11. The smallest absolute Gasteiger partial charge is 0.169 e. The molecule has 6 nitrogen and oxygen atoms in total. The first-order chi connectivity index (χ1) is 8.49. The van der Waals surface area contributed by atoms with Crippen molar-refractivity contribution in [3.63, 3.8) is 0 Å². The molecule has 1 aromatic carbocycles. The van der Waals surface area contributed by atoms with Gasteiger partial charge in [-0.2, -0.15) is 5.10 Å². The Kier molecular flexibility index (Phi) is 3.24. The molecule has 96 valence electrons. The summed E-state index contributed by atoms with van der Waals surface area (Å²) in [4.78, 5) is 4.00. The zero-order valence-electron chi connectivity index (χ0n) is 9.61. The summed E-state index contributed by atoms with van der Waals surface area (Å²) in [6, 6.07) is 1.40. The standard InChI is InChI=1S/C10H12ClFN6/c1-18-4-16-7(17-18)3-15-10-6(14)2-5(13)8(11)9(10)12/h2,4,15H,3,13-14H2,1H3. The van der Waals surface area contributed by atoms with E-state index in [1.165, 1.54) is 6.07 Å². The fourth-order valence-electron chi connectivity index (χ4n) is 1.48. The van der Waals surface area contributed by atoms with Crippen LogP contribution in [0.1, 0.15) is 5.82 Å². The first-order valence-corrected chi connectivity index (χ1v) is 5.48. The van der Waals surface area contributed by atoms with Crippen molar-refractivity contribution in [3.05, 3.63) is 29.1 Å². The van der Waals surface area contributed by atoms with E-state index in [1.54, 1.807) is 18.1 Å². The second-order valence-electron chi connectivity index (χ2n) is 3.75. The van der Waals surface area contributed by atoms with Gasteiger partial charge in [0.1, 0.15) is 11.3 Å². The van der Waals surface area contributed by atoms with E-state index in [9.17, 15) is 4.39 Å². The maximum absolute atomic E-state index is 13.8. The highest BCUT2D eigenvalue weighted by molar-refractivity contribution is 6.33. The molecule has 1 heterocycles. The van der Waals surface area contributed by atoms with Crippen LogP contribution >= 0.6 is 11.6 Å². The topological polar surface area (TPSA) is 94.8 Å². The number of nitrogens with zero attached hydrogens (tertiary/aromatic N) is 3. The lowest BCUT2D eigenvalue weighted by atomic mass is 10.2. The van der Waals surface area contributed by atoms with Gasteiger partial charge in [0.2, 0.25) is 0 Å². The van der Waals surface area contributed by atoms with E-state index in [0.29, 0.717) is 5.82 Å². The molecule has 0 atom stereocenters. The monoisotopic (exact) mass is 270 g/mol. The zero-order chi connectivity index (χ0) is 13.3. The fraction of sp³-hybridized carbons (Fsp3) is 0.200. The highest BCUT2D eigenvalue weighted by Crippen LogP contribution is 2.33. The van der Waals surface area contributed by atoms with Crippen molar-refractivity contribution in [2.24, 2.45) is 7.05 Å². The number of halogens is 2. The van der Waals surface area contributed by atoms with Gasteiger partial charge in [-0.25, -0.2) is 9.37 Å². The minimum atomic E-state index is -0.676. The number of aromatic nitrogens is 3. The molecule has 1 aromatic heterocycles. The molecular formula is C10H12ClFN6. The Labute approximate surface area is 108 Å². The van der Waals surface area contributed by atoms with Gasteiger partial charge < -0.3 is 16.8 Å². The molecular weight excluding hydrogens is 259 g/mol. The number of benzene rings is 1. The molecule has 0 unspecified atom stereocenters. The van der Waals surface area contributed by atoms with Crippen LogP contribution in [0.2, 0.25) is 5.02 Å². The molecule has 0 radical (unpaired) electrons. The van der Waals surface area contributed by atoms with Gasteiger partial charge in [-0.05, 0) is 6.07 Å². The van der Waals surface area contributed by atoms with E-state index in [0.717, 1.165) is 0 Å². The summed E-state index contributed by atoms with van der Waals surface area (Å²) in [5.41, 5.74) is 11.6. The maximum Gasteiger partial charge on any atom is 0.169 e. The lowest BCUT2D eigenvalue weighted by Crippen LogP contribution is -2.08. The van der Waals surface area contributed by atoms with Crippen LogP contribution in [0.4, 0.5) is 21.5 Å². The van der Waals surface area contributed by atoms with Crippen LogP contribution in [0.25, 0.3) is 0 Å². The molecule has 0 saturated heterocycles. The first-order valence-electron chi connectivity index (χ1n) is 5.10. The normalized spacial score (nSPS) is 10.6. The summed E-state index contributed by atoms with van der Waals surface area (Å²) < 4.78 is 15.4. The van der Waals surface area contributed by atoms with Crippen LogP contribution in [0.15, 0.2) is 12.4 Å². The second-order valence-corrected chi connectivity index (χ2v) is 4.12. The molecule has 2 rings (SSSR count). The molecule has 0 aliphatic rings. The van der Waals surface area contributed by atoms with E-state index in [-0.39, 0.29) is 28.6 Å². The average Bonchev–Trinajstić information content (AvgIpc) is 2.72. The Morgan fingerprint density at radius 3 is 2.78 bits per heavy atom. The summed E-state index contributed by atoms with van der Waals surface area (Å²) in [7, 11) is 1.74. The predicted octanol–water partition coefficient (Wildman–Crippen LogP) is 1.38. The summed E-state index contributed by atoms with van der Waals surface area (Å²) in [5.74, 6) is -0.158. The van der Waals surface area contributed by atoms with Gasteiger partial charge >= 0.3 is 0 Å². The van der Waals surface area contributed by atoms with Crippen LogP contribution < -0.4 is 16.8 Å². The Balaban J connectivity index is 2.22. The van der Waals surface area contributed by atoms with Crippen molar-refractivity contribution in [1.29, 1.82) is 0 Å². The summed E-state index contributed by atoms with van der Waals surface area (Å²) in [6.45, 7) is 0.238. The van der Waals surface area contributed by atoms with Crippen LogP contribution in [-0.2, 0) is 13.6 Å². The average molecular weight is 271 g/mol. The van der Waals surface area contributed by atoms with Crippen molar-refractivity contribution in [1.82, 2.24) is 14.8 Å². The second kappa shape index (κ2) is 4.69. The third-order valence-electron chi connectivity index (χ3n) is 2.34. The number of nitrogens with one attached hydrogen (secondary N) is 1. The van der Waals surface area contributed by atoms with Gasteiger partial charge in [-0.3, -0.25) is 4.68 Å². The number of rotatable bonds is 3. The third kappa shape index (κ3) is 2.30. The van der Waals surface area contributed by atoms with Crippen LogP contribution in [0.5, 0.6) is 0 Å². The molecule has 0 fully saturated rings. The number of anilines is 3. The molecule has 18 heavy (non-hydrogen) atoms. The largest absolute Gasteiger partial charge is 0.397 e. The van der Waals surface area contributed by atoms with Gasteiger partial charge in [0, 0.05) is 7.05 Å². The molecule has 8 heteroatoms. The number of hydrogen-bond donors (Lipinski definition) is 3. The SMILES string of the molecule is Cn1cnc(CNc2c(N)cc(N)c(Cl)c2F)n1. The third-order valence-corrected chi connectivity index (χ3v) is 2.72. The van der Waals surface area contributed by atoms with Gasteiger partial charge in [0.15, 0.2) is 11.6 Å². The Bertz CT molecular complexity index is 582. The summed E-state index contributed by atoms with van der Waals surface area (Å²) in [5, 5.41) is 6.70. The van der Waals surface area contributed by atoms with E-state index >= 15 is 0 Å². The van der Waals surface area contributed by atoms with Crippen LogP contribution in [-0.4, -0.2) is 14.8 Å². The highest BCUT2D eigenvalue weighted by atomic mass is 35.5. The minimum Gasteiger partial charge on any atom is -0.397 e. The first kappa shape index (κ1) is 12.4. The number of nitrogens with two attached hydrogens (primary N) is 2. The van der Waals surface area contributed by atoms with E-state index in [4.69, 9.17) is 23.1 Å². The minimum absolute atomic E-state index is 0.0988. The number of hydrogen-bond acceptors (Lipinski definition) is 5. The quantitative estimate of drug-likeness (QED) is 0.733. The zero-order valence-corrected chi connectivity index (χ0v) is 10.4.